The van der Waals surface area contributed by atoms with Crippen LogP contribution in [-0.4, -0.2) is 68.5 Å². The topological polar surface area (TPSA) is 102 Å². The highest BCUT2D eigenvalue weighted by Gasteiger charge is 2.31. The Morgan fingerprint density at radius 1 is 1.19 bits per heavy atom. The van der Waals surface area contributed by atoms with Gasteiger partial charge in [-0.3, -0.25) is 0 Å². The minimum Gasteiger partial charge on any atom is -0.474 e. The third kappa shape index (κ3) is 4.27. The van der Waals surface area contributed by atoms with Gasteiger partial charge in [0.2, 0.25) is 5.88 Å². The fourth-order valence-corrected chi connectivity index (χ4v) is 4.52. The lowest BCUT2D eigenvalue weighted by molar-refractivity contribution is 0.0768. The zero-order valence-corrected chi connectivity index (χ0v) is 18.1. The quantitative estimate of drug-likeness (QED) is 0.699. The molecule has 166 valence electrons. The van der Waals surface area contributed by atoms with E-state index in [9.17, 15) is 17.6 Å². The third-order valence-electron chi connectivity index (χ3n) is 5.52. The average molecular weight is 450 g/mol. The van der Waals surface area contributed by atoms with E-state index in [4.69, 9.17) is 9.47 Å². The van der Waals surface area contributed by atoms with Crippen LogP contribution in [0.4, 0.5) is 20.7 Å². The van der Waals surface area contributed by atoms with Crippen LogP contribution in [0, 0.1) is 5.82 Å². The number of likely N-dealkylation sites (tertiary alicyclic amines) is 1. The van der Waals surface area contributed by atoms with Gasteiger partial charge in [0.1, 0.15) is 24.1 Å². The Kier molecular flexibility index (Phi) is 5.69. The first-order valence-electron chi connectivity index (χ1n) is 9.88. The Labute approximate surface area is 179 Å². The summed E-state index contributed by atoms with van der Waals surface area (Å²) in [6.07, 6.45) is 3.84. The number of ether oxygens (including phenoxy) is 2. The molecule has 1 aromatic carbocycles. The lowest BCUT2D eigenvalue weighted by Gasteiger charge is -2.31. The van der Waals surface area contributed by atoms with Crippen molar-refractivity contribution in [2.24, 2.45) is 0 Å². The van der Waals surface area contributed by atoms with Crippen molar-refractivity contribution in [1.29, 1.82) is 0 Å². The molecule has 3 heterocycles. The lowest BCUT2D eigenvalue weighted by Crippen LogP contribution is -2.41. The van der Waals surface area contributed by atoms with Crippen LogP contribution in [0.15, 0.2) is 29.4 Å². The van der Waals surface area contributed by atoms with Crippen molar-refractivity contribution in [2.45, 2.75) is 30.3 Å². The van der Waals surface area contributed by atoms with Crippen molar-refractivity contribution < 1.29 is 27.1 Å². The van der Waals surface area contributed by atoms with Crippen LogP contribution in [0.3, 0.4) is 0 Å². The first-order chi connectivity index (χ1) is 14.8. The van der Waals surface area contributed by atoms with E-state index in [1.165, 1.54) is 25.6 Å². The van der Waals surface area contributed by atoms with Gasteiger partial charge in [0.05, 0.1) is 23.3 Å². The molecule has 0 spiro atoms. The number of nitrogens with zero attached hydrogens (tertiary/aromatic N) is 4. The zero-order chi connectivity index (χ0) is 22.2. The maximum absolute atomic E-state index is 14.7. The summed E-state index contributed by atoms with van der Waals surface area (Å²) >= 11 is 0. The van der Waals surface area contributed by atoms with E-state index in [2.05, 4.69) is 9.97 Å². The summed E-state index contributed by atoms with van der Waals surface area (Å²) in [5, 5.41) is 0. The van der Waals surface area contributed by atoms with Gasteiger partial charge in [-0.1, -0.05) is 0 Å². The largest absolute Gasteiger partial charge is 0.474 e. The number of carbonyl (C=O) groups excluding carboxylic acids is 1. The van der Waals surface area contributed by atoms with Crippen molar-refractivity contribution in [3.63, 3.8) is 0 Å². The molecule has 0 aliphatic carbocycles. The number of methoxy groups -OCH3 is 1. The van der Waals surface area contributed by atoms with Gasteiger partial charge in [0.15, 0.2) is 9.84 Å². The molecule has 2 aliphatic rings. The number of fused-ring (bicyclic) bond motifs is 1. The molecule has 11 heteroatoms. The zero-order valence-electron chi connectivity index (χ0n) is 17.2. The van der Waals surface area contributed by atoms with Gasteiger partial charge in [-0.15, -0.1) is 0 Å². The number of anilines is 2. The predicted molar refractivity (Wildman–Crippen MR) is 110 cm³/mol. The minimum absolute atomic E-state index is 0.0711. The van der Waals surface area contributed by atoms with Gasteiger partial charge >= 0.3 is 6.09 Å². The Bertz CT molecular complexity index is 1100. The molecule has 4 rings (SSSR count). The number of aromatic nitrogens is 2. The molecule has 2 aliphatic heterocycles. The van der Waals surface area contributed by atoms with Crippen LogP contribution in [0.1, 0.15) is 18.4 Å². The van der Waals surface area contributed by atoms with Gasteiger partial charge in [0, 0.05) is 38.7 Å². The van der Waals surface area contributed by atoms with Crippen molar-refractivity contribution >= 4 is 27.4 Å². The van der Waals surface area contributed by atoms with Crippen molar-refractivity contribution in [3.05, 3.63) is 35.9 Å². The molecule has 0 radical (unpaired) electrons. The third-order valence-corrected chi connectivity index (χ3v) is 6.63. The summed E-state index contributed by atoms with van der Waals surface area (Å²) in [6, 6.07) is 3.86. The molecular formula is C20H23FN4O5S. The highest BCUT2D eigenvalue weighted by Crippen LogP contribution is 2.38. The molecule has 0 bridgehead atoms. The van der Waals surface area contributed by atoms with Crippen molar-refractivity contribution in [2.75, 3.05) is 37.9 Å². The van der Waals surface area contributed by atoms with Crippen LogP contribution in [0.5, 0.6) is 5.88 Å². The smallest absolute Gasteiger partial charge is 0.409 e. The van der Waals surface area contributed by atoms with Gasteiger partial charge in [0.25, 0.3) is 0 Å². The number of amides is 1. The summed E-state index contributed by atoms with van der Waals surface area (Å²) in [6.45, 7) is 1.55. The summed E-state index contributed by atoms with van der Waals surface area (Å²) in [7, 11) is -2.14. The molecule has 0 saturated carbocycles. The number of piperidine rings is 1. The summed E-state index contributed by atoms with van der Waals surface area (Å²) in [5.41, 5.74) is 1.03. The number of carbonyl (C=O) groups is 1. The van der Waals surface area contributed by atoms with Gasteiger partial charge in [-0.05, 0) is 24.6 Å². The van der Waals surface area contributed by atoms with Crippen LogP contribution in [-0.2, 0) is 21.0 Å². The van der Waals surface area contributed by atoms with Crippen LogP contribution < -0.4 is 9.64 Å². The Morgan fingerprint density at radius 2 is 1.94 bits per heavy atom. The number of benzene rings is 1. The lowest BCUT2D eigenvalue weighted by atomic mass is 10.1. The second-order valence-corrected chi connectivity index (χ2v) is 9.56. The highest BCUT2D eigenvalue weighted by molar-refractivity contribution is 7.90. The molecule has 1 saturated heterocycles. The van der Waals surface area contributed by atoms with Gasteiger partial charge in [-0.2, -0.15) is 0 Å². The first-order valence-corrected chi connectivity index (χ1v) is 11.8. The summed E-state index contributed by atoms with van der Waals surface area (Å²) in [4.78, 5) is 23.5. The maximum Gasteiger partial charge on any atom is 0.409 e. The highest BCUT2D eigenvalue weighted by atomic mass is 32.2. The van der Waals surface area contributed by atoms with Gasteiger partial charge in [-0.25, -0.2) is 27.6 Å². The summed E-state index contributed by atoms with van der Waals surface area (Å²) < 4.78 is 48.9. The molecule has 1 amide bonds. The standard InChI is InChI=1S/C20H23FN4O5S/c1-29-20(26)24-8-5-13(6-9-24)30-19-15-7-10-25(18(15)22-12-23-19)17-4-3-14(11-16(17)21)31(2,27)28/h3-4,11-13H,5-10H2,1-2H3. The fraction of sp³-hybridized carbons (Fsp3) is 0.450. The SMILES string of the molecule is COC(=O)N1CCC(Oc2ncnc3c2CCN3c2ccc(S(C)(=O)=O)cc2F)CC1. The van der Waals surface area contributed by atoms with Crippen molar-refractivity contribution in [3.8, 4) is 5.88 Å². The Morgan fingerprint density at radius 3 is 2.58 bits per heavy atom. The number of halogens is 1. The molecule has 0 N–H and O–H groups in total. The molecule has 2 aromatic rings. The molecule has 1 fully saturated rings. The normalized spacial score (nSPS) is 16.9. The van der Waals surface area contributed by atoms with E-state index < -0.39 is 15.7 Å². The van der Waals surface area contributed by atoms with Gasteiger partial charge < -0.3 is 19.3 Å². The molecule has 9 nitrogen and oxygen atoms in total. The number of hydrogen-bond donors (Lipinski definition) is 0. The monoisotopic (exact) mass is 450 g/mol. The van der Waals surface area contributed by atoms with Crippen molar-refractivity contribution in [1.82, 2.24) is 14.9 Å². The Hall–Kier alpha value is -2.95. The van der Waals surface area contributed by atoms with Crippen LogP contribution in [0.25, 0.3) is 0 Å². The molecule has 0 unspecified atom stereocenters. The number of rotatable bonds is 4. The molecular weight excluding hydrogens is 427 g/mol. The predicted octanol–water partition coefficient (Wildman–Crippen LogP) is 2.32. The van der Waals surface area contributed by atoms with E-state index in [0.29, 0.717) is 50.6 Å². The second-order valence-electron chi connectivity index (χ2n) is 7.54. The Balaban J connectivity index is 1.52. The second kappa shape index (κ2) is 8.29. The number of hydrogen-bond acceptors (Lipinski definition) is 8. The fourth-order valence-electron chi connectivity index (χ4n) is 3.88. The molecule has 31 heavy (non-hydrogen) atoms. The summed E-state index contributed by atoms with van der Waals surface area (Å²) in [5.74, 6) is 0.368. The van der Waals surface area contributed by atoms with E-state index in [-0.39, 0.29) is 22.8 Å². The minimum atomic E-state index is -3.50. The van der Waals surface area contributed by atoms with Crippen LogP contribution in [0.2, 0.25) is 0 Å². The van der Waals surface area contributed by atoms with E-state index in [0.717, 1.165) is 17.9 Å². The molecule has 0 atom stereocenters. The average Bonchev–Trinajstić information content (AvgIpc) is 3.18. The van der Waals surface area contributed by atoms with E-state index in [1.54, 1.807) is 9.80 Å². The van der Waals surface area contributed by atoms with E-state index >= 15 is 0 Å². The van der Waals surface area contributed by atoms with E-state index in [1.807, 2.05) is 0 Å². The molecule has 1 aromatic heterocycles. The first kappa shape index (κ1) is 21.3. The number of sulfone groups is 1. The maximum atomic E-state index is 14.7. The van der Waals surface area contributed by atoms with Crippen LogP contribution >= 0.6 is 0 Å².